The van der Waals surface area contributed by atoms with E-state index >= 15 is 0 Å². The molecule has 154 valence electrons. The highest BCUT2D eigenvalue weighted by atomic mass is 16.5. The third-order valence-electron chi connectivity index (χ3n) is 5.62. The van der Waals surface area contributed by atoms with Crippen molar-refractivity contribution in [2.45, 2.75) is 24.4 Å². The van der Waals surface area contributed by atoms with E-state index in [9.17, 15) is 4.79 Å². The number of methoxy groups -OCH3 is 1. The lowest BCUT2D eigenvalue weighted by Crippen LogP contribution is -2.54. The van der Waals surface area contributed by atoms with Gasteiger partial charge in [0.25, 0.3) is 0 Å². The van der Waals surface area contributed by atoms with Crippen LogP contribution in [0.1, 0.15) is 29.8 Å². The van der Waals surface area contributed by atoms with Crippen molar-refractivity contribution in [1.82, 2.24) is 30.9 Å². The molecule has 0 aliphatic carbocycles. The van der Waals surface area contributed by atoms with Crippen LogP contribution in [0.15, 0.2) is 53.3 Å². The first kappa shape index (κ1) is 18.7. The van der Waals surface area contributed by atoms with Crippen molar-refractivity contribution in [3.8, 4) is 17.1 Å². The summed E-state index contributed by atoms with van der Waals surface area (Å²) in [5, 5.41) is 4.03. The zero-order valence-electron chi connectivity index (χ0n) is 16.5. The normalized spacial score (nSPS) is 21.4. The molecule has 0 bridgehead atoms. The summed E-state index contributed by atoms with van der Waals surface area (Å²) >= 11 is 0. The Bertz CT molecular complexity index is 1030. The molecule has 1 amide bonds. The van der Waals surface area contributed by atoms with Crippen molar-refractivity contribution in [3.05, 3.63) is 60.2 Å². The molecule has 2 saturated heterocycles. The number of carbonyl (C=O) groups excluding carboxylic acids is 1. The van der Waals surface area contributed by atoms with Gasteiger partial charge in [-0.15, -0.1) is 0 Å². The minimum atomic E-state index is -0.283. The number of likely N-dealkylation sites (tertiary alicyclic amines) is 1. The Morgan fingerprint density at radius 3 is 2.87 bits per heavy atom. The van der Waals surface area contributed by atoms with Gasteiger partial charge in [0.1, 0.15) is 11.8 Å². The lowest BCUT2D eigenvalue weighted by Gasteiger charge is -2.38. The molecular weight excluding hydrogens is 384 g/mol. The van der Waals surface area contributed by atoms with Crippen molar-refractivity contribution in [3.63, 3.8) is 0 Å². The molecule has 2 aliphatic rings. The van der Waals surface area contributed by atoms with Gasteiger partial charge >= 0.3 is 0 Å². The number of amides is 1. The van der Waals surface area contributed by atoms with Crippen molar-refractivity contribution in [2.75, 3.05) is 20.2 Å². The molecule has 0 saturated carbocycles. The summed E-state index contributed by atoms with van der Waals surface area (Å²) in [5.41, 5.74) is 8.20. The van der Waals surface area contributed by atoms with E-state index in [1.165, 1.54) is 0 Å². The third-order valence-corrected chi connectivity index (χ3v) is 5.62. The van der Waals surface area contributed by atoms with E-state index in [2.05, 4.69) is 26.0 Å². The fourth-order valence-electron chi connectivity index (χ4n) is 3.92. The average Bonchev–Trinajstić information content (AvgIpc) is 3.43. The van der Waals surface area contributed by atoms with Crippen LogP contribution in [0, 0.1) is 0 Å². The van der Waals surface area contributed by atoms with Gasteiger partial charge in [-0.25, -0.2) is 10.9 Å². The van der Waals surface area contributed by atoms with Gasteiger partial charge in [-0.05, 0) is 24.6 Å². The van der Waals surface area contributed by atoms with Crippen LogP contribution in [-0.4, -0.2) is 52.2 Å². The van der Waals surface area contributed by atoms with Gasteiger partial charge in [0, 0.05) is 36.6 Å². The van der Waals surface area contributed by atoms with Crippen molar-refractivity contribution < 1.29 is 14.1 Å². The minimum absolute atomic E-state index is 0.0187. The third kappa shape index (κ3) is 3.42. The summed E-state index contributed by atoms with van der Waals surface area (Å²) in [6, 6.07) is 11.3. The Labute approximate surface area is 173 Å². The molecular formula is C21H22N6O3. The molecule has 2 unspecified atom stereocenters. The number of benzene rings is 1. The van der Waals surface area contributed by atoms with Gasteiger partial charge < -0.3 is 14.2 Å². The van der Waals surface area contributed by atoms with E-state index in [0.717, 1.165) is 16.9 Å². The minimum Gasteiger partial charge on any atom is -0.496 e. The molecule has 4 heterocycles. The van der Waals surface area contributed by atoms with Gasteiger partial charge in [-0.2, -0.15) is 4.98 Å². The number of hydrogen-bond donors (Lipinski definition) is 2. The van der Waals surface area contributed by atoms with Crippen LogP contribution in [0.2, 0.25) is 0 Å². The van der Waals surface area contributed by atoms with Gasteiger partial charge in [-0.1, -0.05) is 23.4 Å². The summed E-state index contributed by atoms with van der Waals surface area (Å²) in [4.78, 5) is 23.2. The topological polar surface area (TPSA) is 105 Å². The van der Waals surface area contributed by atoms with E-state index in [1.807, 2.05) is 41.3 Å². The fourth-order valence-corrected chi connectivity index (χ4v) is 3.92. The first-order valence-corrected chi connectivity index (χ1v) is 9.89. The van der Waals surface area contributed by atoms with Crippen LogP contribution in [0.3, 0.4) is 0 Å². The Morgan fingerprint density at radius 1 is 1.20 bits per heavy atom. The van der Waals surface area contributed by atoms with E-state index in [-0.39, 0.29) is 23.9 Å². The Kier molecular flexibility index (Phi) is 4.89. The number of aromatic nitrogens is 3. The van der Waals surface area contributed by atoms with Crippen LogP contribution >= 0.6 is 0 Å². The van der Waals surface area contributed by atoms with Crippen molar-refractivity contribution >= 4 is 5.91 Å². The summed E-state index contributed by atoms with van der Waals surface area (Å²) in [6.45, 7) is 1.15. The molecule has 30 heavy (non-hydrogen) atoms. The van der Waals surface area contributed by atoms with Crippen LogP contribution in [0.25, 0.3) is 11.4 Å². The Balaban J connectivity index is 1.18. The molecule has 2 N–H and O–H groups in total. The first-order chi connectivity index (χ1) is 14.7. The smallest absolute Gasteiger partial charge is 0.241 e. The number of rotatable bonds is 5. The number of hydrogen-bond acceptors (Lipinski definition) is 8. The summed E-state index contributed by atoms with van der Waals surface area (Å²) in [7, 11) is 1.65. The highest BCUT2D eigenvalue weighted by molar-refractivity contribution is 5.83. The maximum atomic E-state index is 12.9. The molecule has 2 fully saturated rings. The van der Waals surface area contributed by atoms with Crippen LogP contribution in [0.5, 0.6) is 5.75 Å². The number of ether oxygens (including phenoxy) is 1. The molecule has 9 nitrogen and oxygen atoms in total. The standard InChI is InChI=1S/C21H22N6O3/c1-29-18-7-3-2-6-15(18)16-9-17(25-24-16)21(28)27-11-14(12-27)20-23-19(26-30-20)13-5-4-8-22-10-13/h2-8,10,14,16-17,24-25H,9,11-12H2,1H3. The number of nitrogens with zero attached hydrogens (tertiary/aromatic N) is 4. The fraction of sp³-hybridized carbons (Fsp3) is 0.333. The lowest BCUT2D eigenvalue weighted by atomic mass is 9.96. The van der Waals surface area contributed by atoms with Crippen molar-refractivity contribution in [1.29, 1.82) is 0 Å². The molecule has 2 aliphatic heterocycles. The highest BCUT2D eigenvalue weighted by Crippen LogP contribution is 2.32. The number of para-hydroxylation sites is 1. The summed E-state index contributed by atoms with van der Waals surface area (Å²) < 4.78 is 10.8. The van der Waals surface area contributed by atoms with Crippen molar-refractivity contribution in [2.24, 2.45) is 0 Å². The zero-order valence-corrected chi connectivity index (χ0v) is 16.5. The summed E-state index contributed by atoms with van der Waals surface area (Å²) in [5.74, 6) is 2.02. The Hall–Kier alpha value is -3.30. The SMILES string of the molecule is COc1ccccc1C1CC(C(=O)N2CC(c3nc(-c4cccnc4)no3)C2)NN1. The molecule has 0 spiro atoms. The van der Waals surface area contributed by atoms with Gasteiger partial charge in [-0.3, -0.25) is 9.78 Å². The van der Waals surface area contributed by atoms with Gasteiger partial charge in [0.05, 0.1) is 19.1 Å². The number of nitrogens with one attached hydrogen (secondary N) is 2. The maximum absolute atomic E-state index is 12.9. The average molecular weight is 406 g/mol. The molecule has 2 aromatic heterocycles. The molecule has 0 radical (unpaired) electrons. The zero-order chi connectivity index (χ0) is 20.5. The highest BCUT2D eigenvalue weighted by Gasteiger charge is 2.41. The van der Waals surface area contributed by atoms with Crippen LogP contribution < -0.4 is 15.6 Å². The van der Waals surface area contributed by atoms with E-state index in [0.29, 0.717) is 31.2 Å². The molecule has 2 atom stereocenters. The maximum Gasteiger partial charge on any atom is 0.241 e. The number of pyridine rings is 1. The predicted octanol–water partition coefficient (Wildman–Crippen LogP) is 1.67. The van der Waals surface area contributed by atoms with Gasteiger partial charge in [0.15, 0.2) is 0 Å². The Morgan fingerprint density at radius 2 is 2.07 bits per heavy atom. The van der Waals surface area contributed by atoms with E-state index in [4.69, 9.17) is 9.26 Å². The van der Waals surface area contributed by atoms with Gasteiger partial charge in [0.2, 0.25) is 17.6 Å². The first-order valence-electron chi connectivity index (χ1n) is 9.89. The second-order valence-corrected chi connectivity index (χ2v) is 7.51. The monoisotopic (exact) mass is 406 g/mol. The lowest BCUT2D eigenvalue weighted by molar-refractivity contribution is -0.138. The second kappa shape index (κ2) is 7.85. The predicted molar refractivity (Wildman–Crippen MR) is 107 cm³/mol. The number of carbonyl (C=O) groups is 1. The summed E-state index contributed by atoms with van der Waals surface area (Å²) in [6.07, 6.45) is 4.05. The largest absolute Gasteiger partial charge is 0.496 e. The van der Waals surface area contributed by atoms with E-state index in [1.54, 1.807) is 19.5 Å². The van der Waals surface area contributed by atoms with Crippen LogP contribution in [-0.2, 0) is 4.79 Å². The molecule has 3 aromatic rings. The molecule has 9 heteroatoms. The van der Waals surface area contributed by atoms with Crippen LogP contribution in [0.4, 0.5) is 0 Å². The number of hydrazine groups is 1. The quantitative estimate of drug-likeness (QED) is 0.659. The molecule has 1 aromatic carbocycles. The second-order valence-electron chi connectivity index (χ2n) is 7.51. The van der Waals surface area contributed by atoms with E-state index < -0.39 is 0 Å². The molecule has 5 rings (SSSR count).